The largest absolute Gasteiger partial charge is 0.393 e. The van der Waals surface area contributed by atoms with Gasteiger partial charge in [-0.2, -0.15) is 4.37 Å². The molecule has 2 aromatic rings. The number of amides is 2. The summed E-state index contributed by atoms with van der Waals surface area (Å²) in [6, 6.07) is 11.7. The number of carbonyl (C=O) groups excluding carboxylic acids is 1. The highest BCUT2D eigenvalue weighted by molar-refractivity contribution is 7.10. The fraction of sp³-hybridized carbons (Fsp3) is 0.412. The van der Waals surface area contributed by atoms with Crippen molar-refractivity contribution in [2.24, 2.45) is 5.92 Å². The third-order valence-electron chi connectivity index (χ3n) is 4.32. The number of rotatable bonds is 3. The molecule has 1 fully saturated rings. The first-order chi connectivity index (χ1) is 11.1. The maximum absolute atomic E-state index is 12.3. The molecule has 5 nitrogen and oxygen atoms in total. The standard InChI is InChI=1S/C17H21N3O2S/c1-12(21)13-7-9-20(10-8-13)17(22)18-16-11-15(19-23-16)14-5-3-2-4-6-14/h2-6,11-13,21H,7-10H2,1H3,(H,18,22). The number of urea groups is 1. The topological polar surface area (TPSA) is 65.5 Å². The van der Waals surface area contributed by atoms with E-state index in [4.69, 9.17) is 0 Å². The lowest BCUT2D eigenvalue weighted by Gasteiger charge is -2.33. The maximum atomic E-state index is 12.3. The van der Waals surface area contributed by atoms with E-state index in [1.165, 1.54) is 11.5 Å². The third-order valence-corrected chi connectivity index (χ3v) is 5.02. The minimum absolute atomic E-state index is 0.0858. The second-order valence-electron chi connectivity index (χ2n) is 5.94. The fourth-order valence-electron chi connectivity index (χ4n) is 2.85. The van der Waals surface area contributed by atoms with Gasteiger partial charge in [-0.3, -0.25) is 5.32 Å². The van der Waals surface area contributed by atoms with Crippen molar-refractivity contribution in [2.75, 3.05) is 18.4 Å². The minimum atomic E-state index is -0.296. The molecule has 2 heterocycles. The molecule has 1 saturated heterocycles. The van der Waals surface area contributed by atoms with Gasteiger partial charge >= 0.3 is 6.03 Å². The van der Waals surface area contributed by atoms with E-state index in [0.29, 0.717) is 19.0 Å². The summed E-state index contributed by atoms with van der Waals surface area (Å²) >= 11 is 1.29. The molecule has 0 bridgehead atoms. The summed E-state index contributed by atoms with van der Waals surface area (Å²) < 4.78 is 4.40. The molecule has 0 saturated carbocycles. The fourth-order valence-corrected chi connectivity index (χ4v) is 3.50. The number of piperidine rings is 1. The summed E-state index contributed by atoms with van der Waals surface area (Å²) in [6.45, 7) is 3.19. The molecule has 122 valence electrons. The Balaban J connectivity index is 1.58. The lowest BCUT2D eigenvalue weighted by atomic mass is 9.92. The van der Waals surface area contributed by atoms with Crippen LogP contribution in [0.15, 0.2) is 36.4 Å². The Morgan fingerprint density at radius 2 is 2.04 bits per heavy atom. The van der Waals surface area contributed by atoms with Crippen LogP contribution in [0.4, 0.5) is 9.80 Å². The van der Waals surface area contributed by atoms with Crippen LogP contribution in [-0.4, -0.2) is 39.6 Å². The Bertz CT molecular complexity index is 649. The molecule has 1 aliphatic heterocycles. The van der Waals surface area contributed by atoms with Crippen molar-refractivity contribution < 1.29 is 9.90 Å². The van der Waals surface area contributed by atoms with Gasteiger partial charge in [-0.15, -0.1) is 0 Å². The summed E-state index contributed by atoms with van der Waals surface area (Å²) in [5.41, 5.74) is 1.92. The van der Waals surface area contributed by atoms with Crippen LogP contribution in [0.2, 0.25) is 0 Å². The number of anilines is 1. The second-order valence-corrected chi connectivity index (χ2v) is 6.74. The lowest BCUT2D eigenvalue weighted by Crippen LogP contribution is -2.42. The molecular weight excluding hydrogens is 310 g/mol. The monoisotopic (exact) mass is 331 g/mol. The number of aliphatic hydroxyl groups excluding tert-OH is 1. The van der Waals surface area contributed by atoms with Crippen LogP contribution in [0.1, 0.15) is 19.8 Å². The summed E-state index contributed by atoms with van der Waals surface area (Å²) in [5, 5.41) is 13.3. The van der Waals surface area contributed by atoms with E-state index in [-0.39, 0.29) is 12.1 Å². The maximum Gasteiger partial charge on any atom is 0.322 e. The van der Waals surface area contributed by atoms with Gasteiger partial charge in [0.2, 0.25) is 0 Å². The molecule has 1 atom stereocenters. The smallest absolute Gasteiger partial charge is 0.322 e. The third kappa shape index (κ3) is 3.89. The molecule has 0 aliphatic carbocycles. The second kappa shape index (κ2) is 7.10. The van der Waals surface area contributed by atoms with Gasteiger partial charge in [0.05, 0.1) is 11.8 Å². The van der Waals surface area contributed by atoms with Crippen molar-refractivity contribution in [1.29, 1.82) is 0 Å². The molecule has 1 aliphatic rings. The van der Waals surface area contributed by atoms with Crippen LogP contribution < -0.4 is 5.32 Å². The summed E-state index contributed by atoms with van der Waals surface area (Å²) in [7, 11) is 0. The molecule has 23 heavy (non-hydrogen) atoms. The number of hydrogen-bond donors (Lipinski definition) is 2. The van der Waals surface area contributed by atoms with Crippen molar-refractivity contribution >= 4 is 22.6 Å². The molecule has 0 spiro atoms. The van der Waals surface area contributed by atoms with Crippen LogP contribution in [0, 0.1) is 5.92 Å². The number of hydrogen-bond acceptors (Lipinski definition) is 4. The van der Waals surface area contributed by atoms with Crippen molar-refractivity contribution in [1.82, 2.24) is 9.27 Å². The van der Waals surface area contributed by atoms with Crippen molar-refractivity contribution in [3.63, 3.8) is 0 Å². The zero-order chi connectivity index (χ0) is 16.2. The van der Waals surface area contributed by atoms with E-state index in [9.17, 15) is 9.90 Å². The predicted molar refractivity (Wildman–Crippen MR) is 92.5 cm³/mol. The van der Waals surface area contributed by atoms with Gasteiger partial charge in [-0.1, -0.05) is 30.3 Å². The SMILES string of the molecule is CC(O)C1CCN(C(=O)Nc2cc(-c3ccccc3)ns2)CC1. The van der Waals surface area contributed by atoms with Crippen molar-refractivity contribution in [2.45, 2.75) is 25.9 Å². The first kappa shape index (κ1) is 16.0. The van der Waals surface area contributed by atoms with E-state index >= 15 is 0 Å². The highest BCUT2D eigenvalue weighted by Crippen LogP contribution is 2.26. The highest BCUT2D eigenvalue weighted by Gasteiger charge is 2.25. The van der Waals surface area contributed by atoms with E-state index in [1.807, 2.05) is 43.3 Å². The minimum Gasteiger partial charge on any atom is -0.393 e. The van der Waals surface area contributed by atoms with E-state index in [0.717, 1.165) is 29.1 Å². The predicted octanol–water partition coefficient (Wildman–Crippen LogP) is 3.43. The quantitative estimate of drug-likeness (QED) is 0.905. The average Bonchev–Trinajstić information content (AvgIpc) is 3.04. The number of likely N-dealkylation sites (tertiary alicyclic amines) is 1. The van der Waals surface area contributed by atoms with Gasteiger partial charge in [-0.05, 0) is 37.2 Å². The molecule has 1 unspecified atom stereocenters. The average molecular weight is 331 g/mol. The van der Waals surface area contributed by atoms with Crippen LogP contribution in [-0.2, 0) is 0 Å². The summed E-state index contributed by atoms with van der Waals surface area (Å²) in [6.07, 6.45) is 1.40. The number of nitrogens with one attached hydrogen (secondary N) is 1. The molecule has 0 radical (unpaired) electrons. The van der Waals surface area contributed by atoms with Crippen LogP contribution in [0.3, 0.4) is 0 Å². The van der Waals surface area contributed by atoms with Crippen LogP contribution in [0.5, 0.6) is 0 Å². The first-order valence-corrected chi connectivity index (χ1v) is 8.67. The van der Waals surface area contributed by atoms with E-state index < -0.39 is 0 Å². The zero-order valence-corrected chi connectivity index (χ0v) is 13.9. The number of aromatic nitrogens is 1. The van der Waals surface area contributed by atoms with Crippen molar-refractivity contribution in [3.05, 3.63) is 36.4 Å². The number of carbonyl (C=O) groups is 1. The first-order valence-electron chi connectivity index (χ1n) is 7.89. The lowest BCUT2D eigenvalue weighted by molar-refractivity contribution is 0.0820. The van der Waals surface area contributed by atoms with Gasteiger partial charge in [0.15, 0.2) is 0 Å². The normalized spacial score (nSPS) is 17.0. The van der Waals surface area contributed by atoms with Crippen LogP contribution in [0.25, 0.3) is 11.3 Å². The highest BCUT2D eigenvalue weighted by atomic mass is 32.1. The molecular formula is C17H21N3O2S. The number of aliphatic hydroxyl groups is 1. The number of nitrogens with zero attached hydrogens (tertiary/aromatic N) is 2. The molecule has 2 N–H and O–H groups in total. The van der Waals surface area contributed by atoms with Gasteiger partial charge in [-0.25, -0.2) is 4.79 Å². The van der Waals surface area contributed by atoms with Crippen LogP contribution >= 0.6 is 11.5 Å². The summed E-state index contributed by atoms with van der Waals surface area (Å²) in [4.78, 5) is 14.1. The molecule has 1 aromatic carbocycles. The van der Waals surface area contributed by atoms with Gasteiger partial charge in [0.25, 0.3) is 0 Å². The Hall–Kier alpha value is -1.92. The molecule has 2 amide bonds. The van der Waals surface area contributed by atoms with Gasteiger partial charge < -0.3 is 10.0 Å². The Morgan fingerprint density at radius 3 is 2.70 bits per heavy atom. The van der Waals surface area contributed by atoms with E-state index in [2.05, 4.69) is 9.69 Å². The summed E-state index contributed by atoms with van der Waals surface area (Å²) in [5.74, 6) is 0.298. The van der Waals surface area contributed by atoms with Gasteiger partial charge in [0, 0.05) is 24.7 Å². The van der Waals surface area contributed by atoms with E-state index in [1.54, 1.807) is 4.90 Å². The Labute approximate surface area is 140 Å². The molecule has 3 rings (SSSR count). The molecule has 6 heteroatoms. The van der Waals surface area contributed by atoms with Crippen molar-refractivity contribution in [3.8, 4) is 11.3 Å². The van der Waals surface area contributed by atoms with Gasteiger partial charge in [0.1, 0.15) is 5.00 Å². The molecule has 1 aromatic heterocycles. The number of benzene rings is 1. The Morgan fingerprint density at radius 1 is 1.35 bits per heavy atom. The zero-order valence-electron chi connectivity index (χ0n) is 13.1. The Kier molecular flexibility index (Phi) is 4.93.